The molecule has 0 aliphatic rings. The molecule has 0 unspecified atom stereocenters. The first-order valence-corrected chi connectivity index (χ1v) is 8.23. The van der Waals surface area contributed by atoms with Gasteiger partial charge in [0.05, 0.1) is 24.4 Å². The fourth-order valence-electron chi connectivity index (χ4n) is 2.29. The van der Waals surface area contributed by atoms with E-state index in [9.17, 15) is 4.79 Å². The molecule has 2 rings (SSSR count). The molecule has 1 aromatic heterocycles. The summed E-state index contributed by atoms with van der Waals surface area (Å²) in [4.78, 5) is 20.4. The number of anilines is 1. The van der Waals surface area contributed by atoms with Crippen molar-refractivity contribution in [1.29, 1.82) is 0 Å². The Morgan fingerprint density at radius 2 is 1.83 bits per heavy atom. The molecule has 1 amide bonds. The van der Waals surface area contributed by atoms with Crippen molar-refractivity contribution >= 4 is 32.6 Å². The fourth-order valence-corrected chi connectivity index (χ4v) is 3.34. The van der Waals surface area contributed by atoms with Crippen LogP contribution in [0.3, 0.4) is 0 Å². The van der Waals surface area contributed by atoms with E-state index in [-0.39, 0.29) is 5.91 Å². The van der Waals surface area contributed by atoms with E-state index in [1.165, 1.54) is 11.3 Å². The van der Waals surface area contributed by atoms with E-state index in [0.717, 1.165) is 23.2 Å². The molecule has 0 aliphatic heterocycles. The number of aromatic nitrogens is 1. The van der Waals surface area contributed by atoms with E-state index >= 15 is 0 Å². The molecule has 2 aromatic rings. The number of carbonyl (C=O) groups excluding carboxylic acids is 1. The highest BCUT2D eigenvalue weighted by molar-refractivity contribution is 7.22. The molecule has 0 spiro atoms. The van der Waals surface area contributed by atoms with Gasteiger partial charge in [0.15, 0.2) is 16.6 Å². The van der Waals surface area contributed by atoms with Gasteiger partial charge in [-0.3, -0.25) is 9.69 Å². The van der Waals surface area contributed by atoms with Crippen LogP contribution in [0.15, 0.2) is 12.1 Å². The Morgan fingerprint density at radius 3 is 2.39 bits per heavy atom. The second kappa shape index (κ2) is 7.61. The number of benzene rings is 1. The fraction of sp³-hybridized carbons (Fsp3) is 0.500. The van der Waals surface area contributed by atoms with Crippen molar-refractivity contribution in [3.63, 3.8) is 0 Å². The normalized spacial score (nSPS) is 11.0. The van der Waals surface area contributed by atoms with Crippen LogP contribution in [0.5, 0.6) is 11.5 Å². The maximum atomic E-state index is 12.0. The lowest BCUT2D eigenvalue weighted by Gasteiger charge is -2.19. The first-order chi connectivity index (χ1) is 11.0. The molecule has 0 saturated carbocycles. The van der Waals surface area contributed by atoms with Gasteiger partial charge in [-0.05, 0) is 27.1 Å². The summed E-state index contributed by atoms with van der Waals surface area (Å²) in [5.74, 6) is 1.30. The minimum Gasteiger partial charge on any atom is -0.493 e. The van der Waals surface area contributed by atoms with Gasteiger partial charge in [0.2, 0.25) is 5.91 Å². The monoisotopic (exact) mass is 337 g/mol. The molecule has 126 valence electrons. The zero-order valence-corrected chi connectivity index (χ0v) is 15.1. The summed E-state index contributed by atoms with van der Waals surface area (Å²) in [5, 5.41) is 0.710. The van der Waals surface area contributed by atoms with Crippen LogP contribution in [0.25, 0.3) is 10.2 Å². The molecule has 6 nitrogen and oxygen atoms in total. The Bertz CT molecular complexity index is 644. The first-order valence-electron chi connectivity index (χ1n) is 7.41. The van der Waals surface area contributed by atoms with Crippen molar-refractivity contribution in [2.24, 2.45) is 0 Å². The highest BCUT2D eigenvalue weighted by Crippen LogP contribution is 2.37. The van der Waals surface area contributed by atoms with E-state index in [2.05, 4.69) is 9.88 Å². The Morgan fingerprint density at radius 1 is 1.17 bits per heavy atom. The molecule has 0 saturated heterocycles. The standard InChI is InChI=1S/C16H23N3O3S/c1-11(20)19(8-6-7-18(2)3)16-17-12-9-13(21-4)14(22-5)10-15(12)23-16/h9-10H,6-8H2,1-5H3. The van der Waals surface area contributed by atoms with Gasteiger partial charge in [-0.25, -0.2) is 4.98 Å². The number of carbonyl (C=O) groups is 1. The summed E-state index contributed by atoms with van der Waals surface area (Å²) >= 11 is 1.49. The Hall–Kier alpha value is -1.86. The number of thiazole rings is 1. The molecular formula is C16H23N3O3S. The molecule has 0 aliphatic carbocycles. The minimum atomic E-state index is 0.00161. The maximum Gasteiger partial charge on any atom is 0.225 e. The highest BCUT2D eigenvalue weighted by atomic mass is 32.1. The Labute approximate surface area is 140 Å². The van der Waals surface area contributed by atoms with Crippen LogP contribution in [0.4, 0.5) is 5.13 Å². The zero-order valence-electron chi connectivity index (χ0n) is 14.3. The first kappa shape index (κ1) is 17.5. The quantitative estimate of drug-likeness (QED) is 0.777. The second-order valence-electron chi connectivity index (χ2n) is 5.50. The third-order valence-electron chi connectivity index (χ3n) is 3.48. The van der Waals surface area contributed by atoms with Gasteiger partial charge in [0, 0.05) is 25.6 Å². The number of ether oxygens (including phenoxy) is 2. The topological polar surface area (TPSA) is 54.9 Å². The van der Waals surface area contributed by atoms with Crippen LogP contribution in [-0.2, 0) is 4.79 Å². The number of hydrogen-bond acceptors (Lipinski definition) is 6. The van der Waals surface area contributed by atoms with Gasteiger partial charge in [-0.2, -0.15) is 0 Å². The van der Waals surface area contributed by atoms with Gasteiger partial charge in [0.1, 0.15) is 0 Å². The van der Waals surface area contributed by atoms with Gasteiger partial charge in [0.25, 0.3) is 0 Å². The largest absolute Gasteiger partial charge is 0.493 e. The predicted molar refractivity (Wildman–Crippen MR) is 93.9 cm³/mol. The van der Waals surface area contributed by atoms with Crippen molar-refractivity contribution in [3.05, 3.63) is 12.1 Å². The molecule has 1 aromatic carbocycles. The van der Waals surface area contributed by atoms with Crippen LogP contribution in [-0.4, -0.2) is 57.2 Å². The summed E-state index contributed by atoms with van der Waals surface area (Å²) in [7, 11) is 7.25. The van der Waals surface area contributed by atoms with Crippen molar-refractivity contribution < 1.29 is 14.3 Å². The summed E-state index contributed by atoms with van der Waals surface area (Å²) in [6, 6.07) is 3.74. The number of hydrogen-bond donors (Lipinski definition) is 0. The Kier molecular flexibility index (Phi) is 5.79. The second-order valence-corrected chi connectivity index (χ2v) is 6.51. The molecule has 0 radical (unpaired) electrons. The maximum absolute atomic E-state index is 12.0. The van der Waals surface area contributed by atoms with Crippen LogP contribution < -0.4 is 14.4 Å². The predicted octanol–water partition coefficient (Wildman–Crippen LogP) is 2.62. The lowest BCUT2D eigenvalue weighted by molar-refractivity contribution is -0.116. The average molecular weight is 337 g/mol. The molecule has 0 atom stereocenters. The number of methoxy groups -OCH3 is 2. The van der Waals surface area contributed by atoms with Crippen molar-refractivity contribution in [3.8, 4) is 11.5 Å². The van der Waals surface area contributed by atoms with Gasteiger partial charge in [-0.1, -0.05) is 11.3 Å². The summed E-state index contributed by atoms with van der Waals surface area (Å²) < 4.78 is 11.6. The van der Waals surface area contributed by atoms with E-state index in [4.69, 9.17) is 9.47 Å². The smallest absolute Gasteiger partial charge is 0.225 e. The number of amides is 1. The number of fused-ring (bicyclic) bond motifs is 1. The van der Waals surface area contributed by atoms with Crippen LogP contribution >= 0.6 is 11.3 Å². The van der Waals surface area contributed by atoms with Crippen LogP contribution in [0, 0.1) is 0 Å². The van der Waals surface area contributed by atoms with E-state index in [1.807, 2.05) is 26.2 Å². The molecule has 23 heavy (non-hydrogen) atoms. The Balaban J connectivity index is 2.30. The molecule has 7 heteroatoms. The van der Waals surface area contributed by atoms with Crippen molar-refractivity contribution in [1.82, 2.24) is 9.88 Å². The highest BCUT2D eigenvalue weighted by Gasteiger charge is 2.17. The zero-order chi connectivity index (χ0) is 17.0. The molecule has 1 heterocycles. The van der Waals surface area contributed by atoms with Gasteiger partial charge in [-0.15, -0.1) is 0 Å². The van der Waals surface area contributed by atoms with Gasteiger partial charge < -0.3 is 14.4 Å². The molecule has 0 N–H and O–H groups in total. The van der Waals surface area contributed by atoms with E-state index < -0.39 is 0 Å². The van der Waals surface area contributed by atoms with Gasteiger partial charge >= 0.3 is 0 Å². The van der Waals surface area contributed by atoms with E-state index in [1.54, 1.807) is 26.0 Å². The summed E-state index contributed by atoms with van der Waals surface area (Å²) in [6.45, 7) is 3.15. The van der Waals surface area contributed by atoms with Crippen LogP contribution in [0.1, 0.15) is 13.3 Å². The molecular weight excluding hydrogens is 314 g/mol. The third kappa shape index (κ3) is 4.11. The van der Waals surface area contributed by atoms with Crippen molar-refractivity contribution in [2.45, 2.75) is 13.3 Å². The average Bonchev–Trinajstić information content (AvgIpc) is 2.91. The van der Waals surface area contributed by atoms with E-state index in [0.29, 0.717) is 23.2 Å². The van der Waals surface area contributed by atoms with Crippen LogP contribution in [0.2, 0.25) is 0 Å². The third-order valence-corrected chi connectivity index (χ3v) is 4.52. The minimum absolute atomic E-state index is 0.00161. The molecule has 0 bridgehead atoms. The lowest BCUT2D eigenvalue weighted by Crippen LogP contribution is -2.31. The molecule has 0 fully saturated rings. The summed E-state index contributed by atoms with van der Waals surface area (Å²) in [6.07, 6.45) is 0.898. The van der Waals surface area contributed by atoms with Crippen molar-refractivity contribution in [2.75, 3.05) is 46.3 Å². The number of nitrogens with zero attached hydrogens (tertiary/aromatic N) is 3. The lowest BCUT2D eigenvalue weighted by atomic mass is 10.3. The summed E-state index contributed by atoms with van der Waals surface area (Å²) in [5.41, 5.74) is 0.807. The number of rotatable bonds is 7. The SMILES string of the molecule is COc1cc2nc(N(CCCN(C)C)C(C)=O)sc2cc1OC.